The summed E-state index contributed by atoms with van der Waals surface area (Å²) >= 11 is 6.20. The van der Waals surface area contributed by atoms with Gasteiger partial charge in [-0.2, -0.15) is 0 Å². The number of rotatable bonds is 8. The van der Waals surface area contributed by atoms with Crippen molar-refractivity contribution < 1.29 is 14.3 Å². The second kappa shape index (κ2) is 9.98. The second-order valence-electron chi connectivity index (χ2n) is 6.62. The first-order chi connectivity index (χ1) is 14.0. The van der Waals surface area contributed by atoms with Gasteiger partial charge in [-0.05, 0) is 37.1 Å². The largest absolute Gasteiger partial charge is 0.489 e. The SMILES string of the molecule is CCCNC(=O)Oc1cc(C)n(Cc2cc(Cl)ccc2OCc2ccccc2)n1. The van der Waals surface area contributed by atoms with Gasteiger partial charge in [0.2, 0.25) is 5.88 Å². The van der Waals surface area contributed by atoms with E-state index >= 15 is 0 Å². The van der Waals surface area contributed by atoms with E-state index in [1.165, 1.54) is 0 Å². The molecule has 6 nitrogen and oxygen atoms in total. The molecule has 0 spiro atoms. The average molecular weight is 414 g/mol. The Morgan fingerprint density at radius 1 is 1.17 bits per heavy atom. The minimum Gasteiger partial charge on any atom is -0.489 e. The summed E-state index contributed by atoms with van der Waals surface area (Å²) in [4.78, 5) is 11.7. The van der Waals surface area contributed by atoms with Gasteiger partial charge >= 0.3 is 6.09 Å². The summed E-state index contributed by atoms with van der Waals surface area (Å²) in [5.74, 6) is 0.987. The summed E-state index contributed by atoms with van der Waals surface area (Å²) in [7, 11) is 0. The van der Waals surface area contributed by atoms with E-state index in [0.29, 0.717) is 24.7 Å². The maximum Gasteiger partial charge on any atom is 0.413 e. The van der Waals surface area contributed by atoms with Crippen molar-refractivity contribution in [2.45, 2.75) is 33.4 Å². The highest BCUT2D eigenvalue weighted by Crippen LogP contribution is 2.26. The van der Waals surface area contributed by atoms with Crippen molar-refractivity contribution in [2.75, 3.05) is 6.54 Å². The lowest BCUT2D eigenvalue weighted by molar-refractivity contribution is 0.198. The summed E-state index contributed by atoms with van der Waals surface area (Å²) < 4.78 is 13.0. The van der Waals surface area contributed by atoms with E-state index in [1.54, 1.807) is 16.8 Å². The van der Waals surface area contributed by atoms with Gasteiger partial charge in [0, 0.05) is 28.9 Å². The molecule has 0 saturated carbocycles. The van der Waals surface area contributed by atoms with E-state index in [0.717, 1.165) is 29.0 Å². The summed E-state index contributed by atoms with van der Waals surface area (Å²) in [6.45, 7) is 5.33. The van der Waals surface area contributed by atoms with Crippen molar-refractivity contribution in [1.29, 1.82) is 0 Å². The molecule has 3 rings (SSSR count). The summed E-state index contributed by atoms with van der Waals surface area (Å²) in [5, 5.41) is 7.66. The number of aromatic nitrogens is 2. The number of hydrogen-bond acceptors (Lipinski definition) is 4. The van der Waals surface area contributed by atoms with Gasteiger partial charge in [-0.3, -0.25) is 4.68 Å². The Bertz CT molecular complexity index is 957. The number of carbonyl (C=O) groups is 1. The fraction of sp³-hybridized carbons (Fsp3) is 0.273. The molecule has 2 aromatic carbocycles. The molecule has 7 heteroatoms. The van der Waals surface area contributed by atoms with Crippen LogP contribution in [0.1, 0.15) is 30.2 Å². The normalized spacial score (nSPS) is 10.6. The number of aryl methyl sites for hydroxylation is 1. The van der Waals surface area contributed by atoms with Crippen molar-refractivity contribution in [3.63, 3.8) is 0 Å². The minimum atomic E-state index is -0.508. The van der Waals surface area contributed by atoms with E-state index in [-0.39, 0.29) is 5.88 Å². The standard InChI is InChI=1S/C22H24ClN3O3/c1-3-11-24-22(27)29-21-12-16(2)26(25-21)14-18-13-19(23)9-10-20(18)28-15-17-7-5-4-6-8-17/h4-10,12-13H,3,11,14-15H2,1-2H3,(H,24,27). The Morgan fingerprint density at radius 3 is 2.72 bits per heavy atom. The molecule has 0 aliphatic rings. The average Bonchev–Trinajstić information content (AvgIpc) is 3.05. The highest BCUT2D eigenvalue weighted by atomic mass is 35.5. The Labute approximate surface area is 175 Å². The second-order valence-corrected chi connectivity index (χ2v) is 7.06. The van der Waals surface area contributed by atoms with Crippen LogP contribution in [0.2, 0.25) is 5.02 Å². The lowest BCUT2D eigenvalue weighted by Gasteiger charge is -2.13. The van der Waals surface area contributed by atoms with Crippen LogP contribution in [0.15, 0.2) is 54.6 Å². The molecular weight excluding hydrogens is 390 g/mol. The van der Waals surface area contributed by atoms with Gasteiger partial charge in [-0.15, -0.1) is 5.10 Å². The van der Waals surface area contributed by atoms with Gasteiger partial charge in [-0.25, -0.2) is 4.79 Å². The van der Waals surface area contributed by atoms with E-state index < -0.39 is 6.09 Å². The third kappa shape index (κ3) is 5.99. The molecule has 0 aliphatic heterocycles. The van der Waals surface area contributed by atoms with Crippen LogP contribution in [-0.2, 0) is 13.2 Å². The molecule has 29 heavy (non-hydrogen) atoms. The highest BCUT2D eigenvalue weighted by molar-refractivity contribution is 6.30. The predicted octanol–water partition coefficient (Wildman–Crippen LogP) is 4.97. The Kier molecular flexibility index (Phi) is 7.14. The fourth-order valence-electron chi connectivity index (χ4n) is 2.76. The van der Waals surface area contributed by atoms with Gasteiger partial charge in [0.1, 0.15) is 12.4 Å². The van der Waals surface area contributed by atoms with Crippen LogP contribution < -0.4 is 14.8 Å². The first-order valence-corrected chi connectivity index (χ1v) is 9.88. The zero-order valence-corrected chi connectivity index (χ0v) is 17.3. The van der Waals surface area contributed by atoms with E-state index in [9.17, 15) is 4.79 Å². The molecule has 1 N–H and O–H groups in total. The first kappa shape index (κ1) is 20.7. The van der Waals surface area contributed by atoms with Crippen molar-refractivity contribution >= 4 is 17.7 Å². The molecular formula is C22H24ClN3O3. The van der Waals surface area contributed by atoms with Crippen molar-refractivity contribution in [3.05, 3.63) is 76.4 Å². The molecule has 1 aromatic heterocycles. The third-order valence-corrected chi connectivity index (χ3v) is 4.49. The molecule has 0 unspecified atom stereocenters. The number of carbonyl (C=O) groups excluding carboxylic acids is 1. The molecule has 0 bridgehead atoms. The quantitative estimate of drug-likeness (QED) is 0.566. The molecule has 0 aliphatic carbocycles. The van der Waals surface area contributed by atoms with Crippen LogP contribution in [0.4, 0.5) is 4.79 Å². The lowest BCUT2D eigenvalue weighted by atomic mass is 10.2. The number of nitrogens with zero attached hydrogens (tertiary/aromatic N) is 2. The molecule has 0 fully saturated rings. The van der Waals surface area contributed by atoms with Crippen LogP contribution in [0.25, 0.3) is 0 Å². The number of amides is 1. The Hall–Kier alpha value is -2.99. The molecule has 152 valence electrons. The monoisotopic (exact) mass is 413 g/mol. The molecule has 0 saturated heterocycles. The zero-order valence-electron chi connectivity index (χ0n) is 16.5. The van der Waals surface area contributed by atoms with E-state index in [1.807, 2.05) is 56.3 Å². The zero-order chi connectivity index (χ0) is 20.6. The van der Waals surface area contributed by atoms with Crippen molar-refractivity contribution in [1.82, 2.24) is 15.1 Å². The first-order valence-electron chi connectivity index (χ1n) is 9.50. The van der Waals surface area contributed by atoms with E-state index in [2.05, 4.69) is 10.4 Å². The number of hydrogen-bond donors (Lipinski definition) is 1. The Morgan fingerprint density at radius 2 is 1.97 bits per heavy atom. The van der Waals surface area contributed by atoms with E-state index in [4.69, 9.17) is 21.1 Å². The van der Waals surface area contributed by atoms with Gasteiger partial charge < -0.3 is 14.8 Å². The Balaban J connectivity index is 1.72. The van der Waals surface area contributed by atoms with Gasteiger partial charge in [0.15, 0.2) is 0 Å². The number of ether oxygens (including phenoxy) is 2. The fourth-order valence-corrected chi connectivity index (χ4v) is 2.95. The minimum absolute atomic E-state index is 0.255. The summed E-state index contributed by atoms with van der Waals surface area (Å²) in [6.07, 6.45) is 0.328. The van der Waals surface area contributed by atoms with Crippen LogP contribution >= 0.6 is 11.6 Å². The molecule has 0 atom stereocenters. The van der Waals surface area contributed by atoms with Gasteiger partial charge in [0.25, 0.3) is 0 Å². The lowest BCUT2D eigenvalue weighted by Crippen LogP contribution is -2.27. The number of halogens is 1. The molecule has 0 radical (unpaired) electrons. The highest BCUT2D eigenvalue weighted by Gasteiger charge is 2.13. The van der Waals surface area contributed by atoms with Crippen LogP contribution in [0.3, 0.4) is 0 Å². The van der Waals surface area contributed by atoms with Gasteiger partial charge in [0.05, 0.1) is 6.54 Å². The predicted molar refractivity (Wildman–Crippen MR) is 113 cm³/mol. The maximum atomic E-state index is 11.7. The molecule has 3 aromatic rings. The smallest absolute Gasteiger partial charge is 0.413 e. The maximum absolute atomic E-state index is 11.7. The van der Waals surface area contributed by atoms with Crippen molar-refractivity contribution in [3.8, 4) is 11.6 Å². The van der Waals surface area contributed by atoms with Gasteiger partial charge in [-0.1, -0.05) is 48.9 Å². The van der Waals surface area contributed by atoms with Crippen LogP contribution in [0, 0.1) is 6.92 Å². The van der Waals surface area contributed by atoms with Crippen molar-refractivity contribution in [2.24, 2.45) is 0 Å². The van der Waals surface area contributed by atoms with Crippen LogP contribution in [-0.4, -0.2) is 22.4 Å². The van der Waals surface area contributed by atoms with Crippen LogP contribution in [0.5, 0.6) is 11.6 Å². The molecule has 1 heterocycles. The topological polar surface area (TPSA) is 65.4 Å². The third-order valence-electron chi connectivity index (χ3n) is 4.26. The number of nitrogens with one attached hydrogen (secondary N) is 1. The summed E-state index contributed by atoms with van der Waals surface area (Å²) in [6, 6.07) is 17.2. The molecule has 1 amide bonds. The number of benzene rings is 2. The summed E-state index contributed by atoms with van der Waals surface area (Å²) in [5.41, 5.74) is 2.83.